The third-order valence-corrected chi connectivity index (χ3v) is 2.89. The van der Waals surface area contributed by atoms with Gasteiger partial charge in [-0.05, 0) is 32.8 Å². The summed E-state index contributed by atoms with van der Waals surface area (Å²) >= 11 is 0. The van der Waals surface area contributed by atoms with Crippen LogP contribution in [-0.4, -0.2) is 17.8 Å². The van der Waals surface area contributed by atoms with E-state index in [1.807, 2.05) is 19.1 Å². The van der Waals surface area contributed by atoms with Gasteiger partial charge in [-0.25, -0.2) is 0 Å². The van der Waals surface area contributed by atoms with E-state index in [1.54, 1.807) is 0 Å². The van der Waals surface area contributed by atoms with E-state index in [1.165, 1.54) is 11.1 Å². The van der Waals surface area contributed by atoms with Crippen molar-refractivity contribution < 1.29 is 9.84 Å². The summed E-state index contributed by atoms with van der Waals surface area (Å²) in [5.74, 6) is 0. The van der Waals surface area contributed by atoms with Gasteiger partial charge in [0.25, 0.3) is 0 Å². The minimum atomic E-state index is -0.520. The van der Waals surface area contributed by atoms with Crippen LogP contribution in [0.2, 0.25) is 0 Å². The molecule has 0 saturated heterocycles. The molecule has 0 aliphatic rings. The predicted molar refractivity (Wildman–Crippen MR) is 71.2 cm³/mol. The predicted octanol–water partition coefficient (Wildman–Crippen LogP) is 3.54. The van der Waals surface area contributed by atoms with Crippen LogP contribution in [0.5, 0.6) is 0 Å². The molecular formula is C15H24O2. The first-order valence-electron chi connectivity index (χ1n) is 6.46. The topological polar surface area (TPSA) is 29.5 Å². The minimum absolute atomic E-state index is 0.0915. The molecule has 0 spiro atoms. The molecule has 0 aromatic heterocycles. The maximum Gasteiger partial charge on any atom is 0.105 e. The Labute approximate surface area is 105 Å². The first-order chi connectivity index (χ1) is 8.08. The Kier molecular flexibility index (Phi) is 5.66. The molecule has 0 aliphatic heterocycles. The van der Waals surface area contributed by atoms with E-state index in [0.29, 0.717) is 6.61 Å². The van der Waals surface area contributed by atoms with Crippen LogP contribution in [-0.2, 0) is 4.74 Å². The zero-order valence-electron chi connectivity index (χ0n) is 11.4. The highest BCUT2D eigenvalue weighted by Crippen LogP contribution is 2.24. The molecule has 1 N–H and O–H groups in total. The molecular weight excluding hydrogens is 212 g/mol. The Bertz CT molecular complexity index is 321. The van der Waals surface area contributed by atoms with Gasteiger partial charge < -0.3 is 9.84 Å². The van der Waals surface area contributed by atoms with Crippen molar-refractivity contribution in [1.82, 2.24) is 0 Å². The lowest BCUT2D eigenvalue weighted by atomic mass is 9.97. The average molecular weight is 236 g/mol. The number of hydrogen-bond acceptors (Lipinski definition) is 2. The van der Waals surface area contributed by atoms with Gasteiger partial charge in [-0.2, -0.15) is 0 Å². The number of hydrogen-bond donors (Lipinski definition) is 1. The summed E-state index contributed by atoms with van der Waals surface area (Å²) in [6, 6.07) is 6.20. The van der Waals surface area contributed by atoms with Crippen LogP contribution in [0.25, 0.3) is 0 Å². The summed E-state index contributed by atoms with van der Waals surface area (Å²) in [5, 5.41) is 10.4. The number of benzene rings is 1. The molecule has 2 unspecified atom stereocenters. The first-order valence-corrected chi connectivity index (χ1v) is 6.46. The lowest BCUT2D eigenvalue weighted by Gasteiger charge is -2.23. The zero-order valence-corrected chi connectivity index (χ0v) is 11.4. The van der Waals surface area contributed by atoms with Crippen molar-refractivity contribution in [2.75, 3.05) is 6.61 Å². The van der Waals surface area contributed by atoms with Crippen LogP contribution in [0.1, 0.15) is 49.5 Å². The quantitative estimate of drug-likeness (QED) is 0.818. The largest absolute Gasteiger partial charge is 0.386 e. The van der Waals surface area contributed by atoms with Gasteiger partial charge in [-0.3, -0.25) is 0 Å². The van der Waals surface area contributed by atoms with E-state index in [2.05, 4.69) is 26.8 Å². The van der Waals surface area contributed by atoms with E-state index in [9.17, 15) is 5.11 Å². The maximum absolute atomic E-state index is 10.4. The van der Waals surface area contributed by atoms with Gasteiger partial charge >= 0.3 is 0 Å². The average Bonchev–Trinajstić information content (AvgIpc) is 2.26. The van der Waals surface area contributed by atoms with Crippen LogP contribution >= 0.6 is 0 Å². The van der Waals surface area contributed by atoms with Crippen LogP contribution in [0.3, 0.4) is 0 Å². The van der Waals surface area contributed by atoms with E-state index in [-0.39, 0.29) is 6.10 Å². The molecule has 0 radical (unpaired) electrons. The molecule has 2 nitrogen and oxygen atoms in total. The van der Waals surface area contributed by atoms with Crippen molar-refractivity contribution in [3.63, 3.8) is 0 Å². The molecule has 0 bridgehead atoms. The molecule has 0 aliphatic carbocycles. The van der Waals surface area contributed by atoms with E-state index < -0.39 is 6.10 Å². The Morgan fingerprint density at radius 2 is 1.71 bits per heavy atom. The van der Waals surface area contributed by atoms with Crippen molar-refractivity contribution >= 4 is 0 Å². The summed E-state index contributed by atoms with van der Waals surface area (Å²) in [6.45, 7) is 8.83. The number of aryl methyl sites for hydroxylation is 2. The first kappa shape index (κ1) is 14.2. The van der Waals surface area contributed by atoms with Crippen molar-refractivity contribution in [1.29, 1.82) is 0 Å². The molecule has 2 heteroatoms. The summed E-state index contributed by atoms with van der Waals surface area (Å²) in [7, 11) is 0. The van der Waals surface area contributed by atoms with Crippen LogP contribution < -0.4 is 0 Å². The van der Waals surface area contributed by atoms with Gasteiger partial charge in [0.1, 0.15) is 6.10 Å². The smallest absolute Gasteiger partial charge is 0.105 e. The van der Waals surface area contributed by atoms with Crippen LogP contribution in [0.15, 0.2) is 18.2 Å². The van der Waals surface area contributed by atoms with Gasteiger partial charge in [0, 0.05) is 6.61 Å². The van der Waals surface area contributed by atoms with Crippen molar-refractivity contribution in [3.8, 4) is 0 Å². The van der Waals surface area contributed by atoms with Crippen LogP contribution in [0.4, 0.5) is 0 Å². The molecule has 0 fully saturated rings. The van der Waals surface area contributed by atoms with Gasteiger partial charge in [-0.1, -0.05) is 42.7 Å². The molecule has 0 heterocycles. The number of aliphatic hydroxyl groups is 1. The second-order valence-corrected chi connectivity index (χ2v) is 4.65. The molecule has 1 rings (SSSR count). The highest BCUT2D eigenvalue weighted by Gasteiger charge is 2.20. The standard InChI is InChI=1S/C15H24O2/c1-5-7-14(17-6-2)15(16)13-9-11(3)8-12(4)10-13/h8-10,14-16H,5-7H2,1-4H3. The maximum atomic E-state index is 10.4. The highest BCUT2D eigenvalue weighted by molar-refractivity contribution is 5.30. The van der Waals surface area contributed by atoms with Crippen molar-refractivity contribution in [2.45, 2.75) is 52.7 Å². The third-order valence-electron chi connectivity index (χ3n) is 2.89. The Morgan fingerprint density at radius 3 is 2.18 bits per heavy atom. The van der Waals surface area contributed by atoms with Gasteiger partial charge in [-0.15, -0.1) is 0 Å². The zero-order chi connectivity index (χ0) is 12.8. The van der Waals surface area contributed by atoms with Crippen molar-refractivity contribution in [3.05, 3.63) is 34.9 Å². The fourth-order valence-electron chi connectivity index (χ4n) is 2.23. The molecule has 0 amide bonds. The summed E-state index contributed by atoms with van der Waals surface area (Å²) < 4.78 is 5.63. The minimum Gasteiger partial charge on any atom is -0.386 e. The van der Waals surface area contributed by atoms with Crippen molar-refractivity contribution in [2.24, 2.45) is 0 Å². The number of rotatable bonds is 6. The fourth-order valence-corrected chi connectivity index (χ4v) is 2.23. The normalized spacial score (nSPS) is 14.6. The Hall–Kier alpha value is -0.860. The molecule has 0 saturated carbocycles. The molecule has 1 aromatic rings. The Morgan fingerprint density at radius 1 is 1.12 bits per heavy atom. The highest BCUT2D eigenvalue weighted by atomic mass is 16.5. The Balaban J connectivity index is 2.87. The lowest BCUT2D eigenvalue weighted by Crippen LogP contribution is -2.22. The van der Waals surface area contributed by atoms with E-state index >= 15 is 0 Å². The van der Waals surface area contributed by atoms with Crippen LogP contribution in [0, 0.1) is 13.8 Å². The molecule has 1 aromatic carbocycles. The van der Waals surface area contributed by atoms with Gasteiger partial charge in [0.2, 0.25) is 0 Å². The second-order valence-electron chi connectivity index (χ2n) is 4.65. The SMILES string of the molecule is CCCC(OCC)C(O)c1cc(C)cc(C)c1. The third kappa shape index (κ3) is 4.14. The fraction of sp³-hybridized carbons (Fsp3) is 0.600. The van der Waals surface area contributed by atoms with Gasteiger partial charge in [0.15, 0.2) is 0 Å². The molecule has 2 atom stereocenters. The van der Waals surface area contributed by atoms with E-state index in [4.69, 9.17) is 4.74 Å². The summed E-state index contributed by atoms with van der Waals surface area (Å²) in [4.78, 5) is 0. The summed E-state index contributed by atoms with van der Waals surface area (Å²) in [6.07, 6.45) is 1.30. The van der Waals surface area contributed by atoms with E-state index in [0.717, 1.165) is 18.4 Å². The molecule has 96 valence electrons. The second kappa shape index (κ2) is 6.77. The number of ether oxygens (including phenoxy) is 1. The van der Waals surface area contributed by atoms with Gasteiger partial charge in [0.05, 0.1) is 6.10 Å². The lowest BCUT2D eigenvalue weighted by molar-refractivity contribution is -0.0385. The monoisotopic (exact) mass is 236 g/mol. The molecule has 17 heavy (non-hydrogen) atoms. The number of aliphatic hydroxyl groups excluding tert-OH is 1. The summed E-state index contributed by atoms with van der Waals surface area (Å²) in [5.41, 5.74) is 3.34.